The maximum absolute atomic E-state index is 12.5. The van der Waals surface area contributed by atoms with E-state index >= 15 is 0 Å². The van der Waals surface area contributed by atoms with Crippen molar-refractivity contribution in [3.05, 3.63) is 75.8 Å². The molecule has 0 atom stereocenters. The van der Waals surface area contributed by atoms with Crippen LogP contribution in [0, 0.1) is 16.1 Å². The minimum absolute atomic E-state index is 0.190. The molecule has 0 spiro atoms. The third-order valence-corrected chi connectivity index (χ3v) is 4.73. The van der Waals surface area contributed by atoms with E-state index in [0.29, 0.717) is 34.6 Å². The smallest absolute Gasteiger partial charge is 0.251 e. The van der Waals surface area contributed by atoms with E-state index in [1.165, 1.54) is 0 Å². The van der Waals surface area contributed by atoms with Gasteiger partial charge in [0.05, 0.1) is 11.6 Å². The number of nitrogens with zero attached hydrogens (tertiary/aromatic N) is 3. The Morgan fingerprint density at radius 3 is 2.93 bits per heavy atom. The fraction of sp³-hybridized carbons (Fsp3) is 0.238. The number of carbonyl (C=O) groups excluding carboxylic acids is 1. The van der Waals surface area contributed by atoms with Crippen LogP contribution in [-0.4, -0.2) is 27.2 Å². The topological polar surface area (TPSA) is 95.7 Å². The van der Waals surface area contributed by atoms with Crippen LogP contribution in [0.2, 0.25) is 0 Å². The van der Waals surface area contributed by atoms with E-state index < -0.39 is 0 Å². The van der Waals surface area contributed by atoms with E-state index in [0.717, 1.165) is 17.9 Å². The van der Waals surface area contributed by atoms with Gasteiger partial charge in [-0.3, -0.25) is 9.89 Å². The van der Waals surface area contributed by atoms with Crippen LogP contribution in [0.15, 0.2) is 48.5 Å². The highest BCUT2D eigenvalue weighted by Crippen LogP contribution is 2.17. The van der Waals surface area contributed by atoms with Gasteiger partial charge in [0.1, 0.15) is 18.2 Å². The van der Waals surface area contributed by atoms with Crippen LogP contribution in [0.4, 0.5) is 0 Å². The van der Waals surface area contributed by atoms with Crippen LogP contribution in [0.3, 0.4) is 0 Å². The van der Waals surface area contributed by atoms with Crippen molar-refractivity contribution in [1.29, 1.82) is 5.26 Å². The number of amides is 1. The standard InChI is InChI=1S/C21H21N5O2S/c1-2-26-19(24-25-21(26)29)10-11-23-20(27)15-8-5-9-18(12-15)28-14-17-7-4-3-6-16(17)13-22/h3-9,12H,2,10-11,14H2,1H3,(H,23,27)(H,25,29). The molecule has 0 radical (unpaired) electrons. The fourth-order valence-electron chi connectivity index (χ4n) is 2.90. The Kier molecular flexibility index (Phi) is 6.76. The summed E-state index contributed by atoms with van der Waals surface area (Å²) < 4.78 is 8.25. The molecule has 0 fully saturated rings. The minimum atomic E-state index is -0.190. The summed E-state index contributed by atoms with van der Waals surface area (Å²) in [6.07, 6.45) is 0.577. The molecule has 29 heavy (non-hydrogen) atoms. The third-order valence-electron chi connectivity index (χ3n) is 4.42. The number of carbonyl (C=O) groups is 1. The highest BCUT2D eigenvalue weighted by Gasteiger charge is 2.09. The average Bonchev–Trinajstić information content (AvgIpc) is 3.11. The van der Waals surface area contributed by atoms with Gasteiger partial charge in [-0.05, 0) is 43.4 Å². The lowest BCUT2D eigenvalue weighted by molar-refractivity contribution is 0.0953. The number of aromatic amines is 1. The van der Waals surface area contributed by atoms with Gasteiger partial charge in [0.25, 0.3) is 5.91 Å². The molecule has 1 heterocycles. The summed E-state index contributed by atoms with van der Waals surface area (Å²) in [5.74, 6) is 1.19. The zero-order chi connectivity index (χ0) is 20.6. The Balaban J connectivity index is 1.57. The summed E-state index contributed by atoms with van der Waals surface area (Å²) in [6.45, 7) is 3.42. The van der Waals surface area contributed by atoms with Crippen LogP contribution in [0.25, 0.3) is 0 Å². The molecule has 2 aromatic carbocycles. The van der Waals surface area contributed by atoms with E-state index in [9.17, 15) is 4.79 Å². The Morgan fingerprint density at radius 2 is 2.14 bits per heavy atom. The lowest BCUT2D eigenvalue weighted by atomic mass is 10.1. The van der Waals surface area contributed by atoms with Gasteiger partial charge >= 0.3 is 0 Å². The second-order valence-electron chi connectivity index (χ2n) is 6.28. The Morgan fingerprint density at radius 1 is 1.31 bits per heavy atom. The fourth-order valence-corrected chi connectivity index (χ4v) is 3.18. The van der Waals surface area contributed by atoms with Gasteiger partial charge in [0, 0.05) is 30.6 Å². The second-order valence-corrected chi connectivity index (χ2v) is 6.67. The van der Waals surface area contributed by atoms with Gasteiger partial charge in [0.15, 0.2) is 4.77 Å². The molecule has 3 rings (SSSR count). The first-order valence-electron chi connectivity index (χ1n) is 9.25. The number of nitrogens with one attached hydrogen (secondary N) is 2. The molecule has 3 aromatic rings. The van der Waals surface area contributed by atoms with E-state index in [1.807, 2.05) is 29.7 Å². The Labute approximate surface area is 174 Å². The van der Waals surface area contributed by atoms with Crippen molar-refractivity contribution in [2.24, 2.45) is 0 Å². The first kappa shape index (κ1) is 20.3. The molecule has 2 N–H and O–H groups in total. The van der Waals surface area contributed by atoms with E-state index in [4.69, 9.17) is 22.2 Å². The van der Waals surface area contributed by atoms with Gasteiger partial charge in [-0.2, -0.15) is 10.4 Å². The number of H-pyrrole nitrogens is 1. The highest BCUT2D eigenvalue weighted by atomic mass is 32.1. The molecule has 0 saturated heterocycles. The van der Waals surface area contributed by atoms with Crippen molar-refractivity contribution >= 4 is 18.1 Å². The molecule has 8 heteroatoms. The zero-order valence-corrected chi connectivity index (χ0v) is 16.8. The van der Waals surface area contributed by atoms with Crippen molar-refractivity contribution in [3.8, 4) is 11.8 Å². The zero-order valence-electron chi connectivity index (χ0n) is 16.0. The largest absolute Gasteiger partial charge is 0.489 e. The summed E-state index contributed by atoms with van der Waals surface area (Å²) in [6, 6.07) is 16.4. The Bertz CT molecular complexity index is 1100. The second kappa shape index (κ2) is 9.66. The quantitative estimate of drug-likeness (QED) is 0.558. The monoisotopic (exact) mass is 407 g/mol. The predicted octanol–water partition coefficient (Wildman–Crippen LogP) is 3.38. The molecule has 0 saturated carbocycles. The average molecular weight is 407 g/mol. The highest BCUT2D eigenvalue weighted by molar-refractivity contribution is 7.71. The first-order chi connectivity index (χ1) is 14.1. The molecule has 1 amide bonds. The summed E-state index contributed by atoms with van der Waals surface area (Å²) in [5, 5.41) is 19.0. The summed E-state index contributed by atoms with van der Waals surface area (Å²) in [5.41, 5.74) is 1.88. The number of rotatable bonds is 8. The van der Waals surface area contributed by atoms with Gasteiger partial charge in [-0.1, -0.05) is 24.3 Å². The molecule has 0 unspecified atom stereocenters. The molecular weight excluding hydrogens is 386 g/mol. The molecule has 0 aliphatic rings. The third kappa shape index (κ3) is 5.09. The number of benzene rings is 2. The first-order valence-corrected chi connectivity index (χ1v) is 9.66. The van der Waals surface area contributed by atoms with Crippen LogP contribution < -0.4 is 10.1 Å². The van der Waals surface area contributed by atoms with Crippen LogP contribution >= 0.6 is 12.2 Å². The van der Waals surface area contributed by atoms with E-state index in [2.05, 4.69) is 21.6 Å². The summed E-state index contributed by atoms with van der Waals surface area (Å²) in [7, 11) is 0. The van der Waals surface area contributed by atoms with Crippen molar-refractivity contribution in [3.63, 3.8) is 0 Å². The molecule has 148 valence electrons. The predicted molar refractivity (Wildman–Crippen MR) is 111 cm³/mol. The molecule has 0 aliphatic heterocycles. The van der Waals surface area contributed by atoms with E-state index in [-0.39, 0.29) is 12.5 Å². The van der Waals surface area contributed by atoms with Crippen molar-refractivity contribution in [2.45, 2.75) is 26.5 Å². The lowest BCUT2D eigenvalue weighted by Crippen LogP contribution is -2.26. The molecular formula is C21H21N5O2S. The number of ether oxygens (including phenoxy) is 1. The van der Waals surface area contributed by atoms with Crippen LogP contribution in [-0.2, 0) is 19.6 Å². The van der Waals surface area contributed by atoms with Gasteiger partial charge in [0.2, 0.25) is 0 Å². The maximum Gasteiger partial charge on any atom is 0.251 e. The Hall–Kier alpha value is -3.44. The van der Waals surface area contributed by atoms with Crippen molar-refractivity contribution in [1.82, 2.24) is 20.1 Å². The molecule has 7 nitrogen and oxygen atoms in total. The summed E-state index contributed by atoms with van der Waals surface area (Å²) in [4.78, 5) is 12.5. The van der Waals surface area contributed by atoms with Crippen LogP contribution in [0.1, 0.15) is 34.2 Å². The number of nitriles is 1. The number of hydrogen-bond donors (Lipinski definition) is 2. The normalized spacial score (nSPS) is 10.3. The lowest BCUT2D eigenvalue weighted by Gasteiger charge is -2.10. The number of hydrogen-bond acceptors (Lipinski definition) is 5. The van der Waals surface area contributed by atoms with Crippen molar-refractivity contribution in [2.75, 3.05) is 6.54 Å². The maximum atomic E-state index is 12.5. The minimum Gasteiger partial charge on any atom is -0.489 e. The number of aromatic nitrogens is 3. The molecule has 0 aliphatic carbocycles. The van der Waals surface area contributed by atoms with Crippen molar-refractivity contribution < 1.29 is 9.53 Å². The van der Waals surface area contributed by atoms with E-state index in [1.54, 1.807) is 30.3 Å². The SMILES string of the molecule is CCn1c(CCNC(=O)c2cccc(OCc3ccccc3C#N)c2)n[nH]c1=S. The molecule has 0 bridgehead atoms. The summed E-state index contributed by atoms with van der Waals surface area (Å²) >= 11 is 5.17. The molecule has 1 aromatic heterocycles. The van der Waals surface area contributed by atoms with Crippen LogP contribution in [0.5, 0.6) is 5.75 Å². The van der Waals surface area contributed by atoms with Gasteiger partial charge in [-0.25, -0.2) is 0 Å². The van der Waals surface area contributed by atoms with Gasteiger partial charge in [-0.15, -0.1) is 0 Å². The van der Waals surface area contributed by atoms with Gasteiger partial charge < -0.3 is 14.6 Å².